The number of benzene rings is 1. The molecular weight excluding hydrogens is 250 g/mol. The van der Waals surface area contributed by atoms with E-state index < -0.39 is 0 Å². The Hall–Kier alpha value is -0.860. The summed E-state index contributed by atoms with van der Waals surface area (Å²) < 4.78 is 1.40. The van der Waals surface area contributed by atoms with Crippen molar-refractivity contribution in [1.29, 1.82) is 0 Å². The summed E-state index contributed by atoms with van der Waals surface area (Å²) in [4.78, 5) is 0. The van der Waals surface area contributed by atoms with Crippen molar-refractivity contribution in [2.75, 3.05) is 6.54 Å². The van der Waals surface area contributed by atoms with Gasteiger partial charge in [-0.05, 0) is 60.3 Å². The molecule has 19 heavy (non-hydrogen) atoms. The van der Waals surface area contributed by atoms with Gasteiger partial charge in [-0.3, -0.25) is 0 Å². The van der Waals surface area contributed by atoms with Crippen LogP contribution >= 0.6 is 11.3 Å². The summed E-state index contributed by atoms with van der Waals surface area (Å²) in [6.07, 6.45) is 3.86. The zero-order valence-electron chi connectivity index (χ0n) is 12.3. The Morgan fingerprint density at radius 2 is 2.05 bits per heavy atom. The van der Waals surface area contributed by atoms with E-state index >= 15 is 0 Å². The molecule has 0 aliphatic heterocycles. The second-order valence-electron chi connectivity index (χ2n) is 5.31. The van der Waals surface area contributed by atoms with Gasteiger partial charge in [0.05, 0.1) is 0 Å². The maximum atomic E-state index is 3.60. The monoisotopic (exact) mass is 275 g/mol. The smallest absolute Gasteiger partial charge is 0.0342 e. The van der Waals surface area contributed by atoms with Crippen LogP contribution in [0.3, 0.4) is 0 Å². The minimum absolute atomic E-state index is 0.549. The number of fused-ring (bicyclic) bond motifs is 1. The van der Waals surface area contributed by atoms with Crippen LogP contribution in [0.1, 0.15) is 51.5 Å². The van der Waals surface area contributed by atoms with Crippen LogP contribution < -0.4 is 5.32 Å². The van der Waals surface area contributed by atoms with E-state index in [1.807, 2.05) is 11.3 Å². The average Bonchev–Trinajstić information content (AvgIpc) is 2.87. The predicted molar refractivity (Wildman–Crippen MR) is 87.2 cm³/mol. The van der Waals surface area contributed by atoms with Crippen molar-refractivity contribution < 1.29 is 0 Å². The van der Waals surface area contributed by atoms with Crippen molar-refractivity contribution in [1.82, 2.24) is 5.32 Å². The van der Waals surface area contributed by atoms with Crippen molar-refractivity contribution in [3.8, 4) is 0 Å². The highest BCUT2D eigenvalue weighted by atomic mass is 32.1. The van der Waals surface area contributed by atoms with E-state index in [4.69, 9.17) is 0 Å². The summed E-state index contributed by atoms with van der Waals surface area (Å²) in [5.74, 6) is 0.629. The van der Waals surface area contributed by atoms with Crippen LogP contribution in [0, 0.1) is 0 Å². The van der Waals surface area contributed by atoms with Crippen LogP contribution in [0.4, 0.5) is 0 Å². The molecule has 2 aromatic rings. The molecule has 1 N–H and O–H groups in total. The van der Waals surface area contributed by atoms with Crippen LogP contribution in [-0.2, 0) is 0 Å². The van der Waals surface area contributed by atoms with Gasteiger partial charge in [-0.2, -0.15) is 0 Å². The molecule has 0 saturated carbocycles. The van der Waals surface area contributed by atoms with E-state index in [0.29, 0.717) is 12.0 Å². The zero-order chi connectivity index (χ0) is 13.7. The standard InChI is InChI=1S/C17H25NS/c1-4-6-7-16(13(3)18-5-2)14-8-9-17-15(12-14)10-11-19-17/h8-13,16,18H,4-7H2,1-3H3. The van der Waals surface area contributed by atoms with Crippen molar-refractivity contribution in [2.45, 2.75) is 52.0 Å². The molecule has 0 saturated heterocycles. The molecule has 104 valence electrons. The molecule has 1 heterocycles. The molecule has 0 spiro atoms. The van der Waals surface area contributed by atoms with Crippen molar-refractivity contribution in [3.63, 3.8) is 0 Å². The highest BCUT2D eigenvalue weighted by molar-refractivity contribution is 7.17. The Kier molecular flexibility index (Phi) is 5.41. The summed E-state index contributed by atoms with van der Waals surface area (Å²) >= 11 is 1.83. The lowest BCUT2D eigenvalue weighted by Gasteiger charge is -2.25. The number of unbranched alkanes of at least 4 members (excludes halogenated alkanes) is 1. The second-order valence-corrected chi connectivity index (χ2v) is 6.26. The van der Waals surface area contributed by atoms with Crippen LogP contribution in [0.5, 0.6) is 0 Å². The van der Waals surface area contributed by atoms with Gasteiger partial charge >= 0.3 is 0 Å². The Morgan fingerprint density at radius 3 is 2.79 bits per heavy atom. The highest BCUT2D eigenvalue weighted by Crippen LogP contribution is 2.30. The van der Waals surface area contributed by atoms with Gasteiger partial charge < -0.3 is 5.32 Å². The fraction of sp³-hybridized carbons (Fsp3) is 0.529. The number of rotatable bonds is 7. The number of nitrogens with one attached hydrogen (secondary N) is 1. The second kappa shape index (κ2) is 7.06. The van der Waals surface area contributed by atoms with E-state index in [0.717, 1.165) is 6.54 Å². The lowest BCUT2D eigenvalue weighted by molar-refractivity contribution is 0.437. The average molecular weight is 275 g/mol. The fourth-order valence-corrected chi connectivity index (χ4v) is 3.58. The molecule has 2 heteroatoms. The van der Waals surface area contributed by atoms with Gasteiger partial charge in [0.1, 0.15) is 0 Å². The van der Waals surface area contributed by atoms with Crippen molar-refractivity contribution >= 4 is 21.4 Å². The molecular formula is C17H25NS. The third-order valence-corrected chi connectivity index (χ3v) is 4.80. The van der Waals surface area contributed by atoms with Gasteiger partial charge in [0.25, 0.3) is 0 Å². The molecule has 2 unspecified atom stereocenters. The van der Waals surface area contributed by atoms with Gasteiger partial charge in [0, 0.05) is 10.7 Å². The topological polar surface area (TPSA) is 12.0 Å². The first kappa shape index (κ1) is 14.5. The molecule has 2 rings (SSSR count). The van der Waals surface area contributed by atoms with E-state index in [9.17, 15) is 0 Å². The summed E-state index contributed by atoms with van der Waals surface area (Å²) in [5.41, 5.74) is 1.49. The lowest BCUT2D eigenvalue weighted by Crippen LogP contribution is -2.32. The predicted octanol–water partition coefficient (Wildman–Crippen LogP) is 5.17. The van der Waals surface area contributed by atoms with E-state index in [1.54, 1.807) is 0 Å². The van der Waals surface area contributed by atoms with E-state index in [2.05, 4.69) is 55.7 Å². The number of likely N-dealkylation sites (N-methyl/N-ethyl adjacent to an activating group) is 1. The quantitative estimate of drug-likeness (QED) is 0.734. The Balaban J connectivity index is 2.24. The Bertz CT molecular complexity index is 503. The summed E-state index contributed by atoms with van der Waals surface area (Å²) in [7, 11) is 0. The normalized spacial score (nSPS) is 14.7. The molecule has 0 fully saturated rings. The third-order valence-electron chi connectivity index (χ3n) is 3.90. The molecule has 0 bridgehead atoms. The van der Waals surface area contributed by atoms with Gasteiger partial charge in [-0.1, -0.05) is 32.8 Å². The first-order valence-electron chi connectivity index (χ1n) is 7.46. The van der Waals surface area contributed by atoms with Crippen LogP contribution in [0.25, 0.3) is 10.1 Å². The van der Waals surface area contributed by atoms with Gasteiger partial charge in [-0.15, -0.1) is 11.3 Å². The molecule has 0 radical (unpaired) electrons. The zero-order valence-corrected chi connectivity index (χ0v) is 13.1. The molecule has 2 atom stereocenters. The Labute approximate surface area is 121 Å². The molecule has 1 aromatic carbocycles. The SMILES string of the molecule is CCCCC(c1ccc2sccc2c1)C(C)NCC. The minimum Gasteiger partial charge on any atom is -0.314 e. The maximum absolute atomic E-state index is 3.60. The molecule has 1 aromatic heterocycles. The number of hydrogen-bond acceptors (Lipinski definition) is 2. The molecule has 0 aliphatic rings. The Morgan fingerprint density at radius 1 is 1.21 bits per heavy atom. The number of hydrogen-bond donors (Lipinski definition) is 1. The van der Waals surface area contributed by atoms with Crippen molar-refractivity contribution in [2.24, 2.45) is 0 Å². The van der Waals surface area contributed by atoms with Gasteiger partial charge in [-0.25, -0.2) is 0 Å². The first-order chi connectivity index (χ1) is 9.26. The largest absolute Gasteiger partial charge is 0.314 e. The number of thiophene rings is 1. The lowest BCUT2D eigenvalue weighted by atomic mass is 9.87. The minimum atomic E-state index is 0.549. The third kappa shape index (κ3) is 3.58. The van der Waals surface area contributed by atoms with E-state index in [-0.39, 0.29) is 0 Å². The molecule has 1 nitrogen and oxygen atoms in total. The van der Waals surface area contributed by atoms with Crippen molar-refractivity contribution in [3.05, 3.63) is 35.2 Å². The molecule has 0 amide bonds. The van der Waals surface area contributed by atoms with Gasteiger partial charge in [0.2, 0.25) is 0 Å². The van der Waals surface area contributed by atoms with Crippen LogP contribution in [0.2, 0.25) is 0 Å². The highest BCUT2D eigenvalue weighted by Gasteiger charge is 2.18. The fourth-order valence-electron chi connectivity index (χ4n) is 2.81. The summed E-state index contributed by atoms with van der Waals surface area (Å²) in [6, 6.07) is 9.78. The van der Waals surface area contributed by atoms with Gasteiger partial charge in [0.15, 0.2) is 0 Å². The summed E-state index contributed by atoms with van der Waals surface area (Å²) in [5, 5.41) is 7.18. The van der Waals surface area contributed by atoms with Crippen LogP contribution in [0.15, 0.2) is 29.6 Å². The maximum Gasteiger partial charge on any atom is 0.0342 e. The summed E-state index contributed by atoms with van der Waals surface area (Å²) in [6.45, 7) is 7.83. The van der Waals surface area contributed by atoms with E-state index in [1.165, 1.54) is 34.9 Å². The molecule has 0 aliphatic carbocycles. The van der Waals surface area contributed by atoms with Crippen LogP contribution in [-0.4, -0.2) is 12.6 Å². The first-order valence-corrected chi connectivity index (χ1v) is 8.34.